The summed E-state index contributed by atoms with van der Waals surface area (Å²) < 4.78 is 13.9. The number of aromatic nitrogens is 1. The lowest BCUT2D eigenvalue weighted by Crippen LogP contribution is -2.44. The van der Waals surface area contributed by atoms with E-state index in [0.717, 1.165) is 51.6 Å². The highest BCUT2D eigenvalue weighted by molar-refractivity contribution is 5.40. The van der Waals surface area contributed by atoms with Gasteiger partial charge in [0.25, 0.3) is 0 Å². The first-order valence-electron chi connectivity index (χ1n) is 9.43. The van der Waals surface area contributed by atoms with Gasteiger partial charge in [0.05, 0.1) is 6.10 Å². The van der Waals surface area contributed by atoms with Crippen LogP contribution in [0.2, 0.25) is 0 Å². The van der Waals surface area contributed by atoms with Gasteiger partial charge in [-0.15, -0.1) is 0 Å². The van der Waals surface area contributed by atoms with Crippen molar-refractivity contribution in [3.63, 3.8) is 0 Å². The summed E-state index contributed by atoms with van der Waals surface area (Å²) in [7, 11) is 0. The molecule has 3 heterocycles. The van der Waals surface area contributed by atoms with E-state index in [1.54, 1.807) is 12.3 Å². The third kappa shape index (κ3) is 3.16. The Morgan fingerprint density at radius 2 is 1.79 bits per heavy atom. The van der Waals surface area contributed by atoms with Gasteiger partial charge in [-0.25, -0.2) is 9.37 Å². The number of halogens is 1. The topological polar surface area (TPSA) is 39.6 Å². The fraction of sp³-hybridized carbons (Fsp3) is 0.737. The molecule has 0 radical (unpaired) electrons. The maximum Gasteiger partial charge on any atom is 0.165 e. The van der Waals surface area contributed by atoms with E-state index in [2.05, 4.69) is 14.8 Å². The van der Waals surface area contributed by atoms with E-state index in [1.807, 2.05) is 0 Å². The minimum absolute atomic E-state index is 0.0747. The van der Waals surface area contributed by atoms with E-state index in [4.69, 9.17) is 0 Å². The summed E-state index contributed by atoms with van der Waals surface area (Å²) >= 11 is 0. The Morgan fingerprint density at radius 3 is 2.50 bits per heavy atom. The van der Waals surface area contributed by atoms with Crippen molar-refractivity contribution >= 4 is 5.82 Å². The molecule has 4 rings (SSSR count). The van der Waals surface area contributed by atoms with Crippen molar-refractivity contribution < 1.29 is 9.50 Å². The molecule has 2 aliphatic heterocycles. The van der Waals surface area contributed by atoms with Crippen molar-refractivity contribution in [2.75, 3.05) is 31.1 Å². The zero-order chi connectivity index (χ0) is 16.6. The lowest BCUT2D eigenvalue weighted by Gasteiger charge is -2.41. The molecule has 0 aromatic carbocycles. The summed E-state index contributed by atoms with van der Waals surface area (Å²) in [5.41, 5.74) is 0.415. The highest BCUT2D eigenvalue weighted by Gasteiger charge is 2.43. The lowest BCUT2D eigenvalue weighted by molar-refractivity contribution is 0.0762. The molecule has 1 aromatic rings. The molecule has 0 amide bonds. The summed E-state index contributed by atoms with van der Waals surface area (Å²) in [6.45, 7) is 4.20. The molecule has 1 spiro atoms. The molecule has 1 saturated carbocycles. The van der Waals surface area contributed by atoms with Crippen molar-refractivity contribution in [2.45, 2.75) is 57.1 Å². The number of pyridine rings is 1. The highest BCUT2D eigenvalue weighted by atomic mass is 19.1. The van der Waals surface area contributed by atoms with Gasteiger partial charge >= 0.3 is 0 Å². The Kier molecular flexibility index (Phi) is 4.48. The average molecular weight is 333 g/mol. The van der Waals surface area contributed by atoms with Crippen LogP contribution in [-0.2, 0) is 0 Å². The number of hydrogen-bond donors (Lipinski definition) is 1. The second-order valence-corrected chi connectivity index (χ2v) is 7.98. The largest absolute Gasteiger partial charge is 0.393 e. The van der Waals surface area contributed by atoms with E-state index in [9.17, 15) is 9.50 Å². The monoisotopic (exact) mass is 333 g/mol. The first-order valence-corrected chi connectivity index (χ1v) is 9.43. The molecule has 1 N–H and O–H groups in total. The van der Waals surface area contributed by atoms with Gasteiger partial charge in [-0.2, -0.15) is 0 Å². The summed E-state index contributed by atoms with van der Waals surface area (Å²) in [6, 6.07) is 3.82. The van der Waals surface area contributed by atoms with Crippen molar-refractivity contribution in [1.82, 2.24) is 9.88 Å². The average Bonchev–Trinajstić information content (AvgIpc) is 3.01. The van der Waals surface area contributed by atoms with Gasteiger partial charge in [-0.05, 0) is 69.0 Å². The number of aliphatic hydroxyl groups is 1. The van der Waals surface area contributed by atoms with Gasteiger partial charge < -0.3 is 10.0 Å². The van der Waals surface area contributed by atoms with Crippen LogP contribution in [0.15, 0.2) is 18.3 Å². The van der Waals surface area contributed by atoms with Gasteiger partial charge in [0.2, 0.25) is 0 Å². The molecule has 24 heavy (non-hydrogen) atoms. The molecule has 1 aliphatic carbocycles. The van der Waals surface area contributed by atoms with Crippen LogP contribution in [0.25, 0.3) is 0 Å². The molecule has 3 aliphatic rings. The second kappa shape index (κ2) is 6.60. The maximum atomic E-state index is 13.9. The predicted octanol–water partition coefficient (Wildman–Crippen LogP) is 2.82. The Balaban J connectivity index is 1.35. The van der Waals surface area contributed by atoms with Crippen LogP contribution in [0.3, 0.4) is 0 Å². The SMILES string of the molecule is O[C@H]1CC[C@@H](N2CCC3(CCN(c4ncccc4F)CC3)C2)CC1. The Bertz CT molecular complexity index is 565. The van der Waals surface area contributed by atoms with Crippen LogP contribution in [0.5, 0.6) is 0 Å². The molecule has 4 nitrogen and oxygen atoms in total. The molecular weight excluding hydrogens is 305 g/mol. The van der Waals surface area contributed by atoms with Crippen molar-refractivity contribution in [1.29, 1.82) is 0 Å². The zero-order valence-corrected chi connectivity index (χ0v) is 14.3. The molecular formula is C19H28FN3O. The molecule has 0 bridgehead atoms. The Labute approximate surface area is 143 Å². The van der Waals surface area contributed by atoms with Gasteiger partial charge in [0, 0.05) is 31.9 Å². The minimum atomic E-state index is -0.206. The van der Waals surface area contributed by atoms with E-state index < -0.39 is 0 Å². The van der Waals surface area contributed by atoms with Crippen LogP contribution in [0.4, 0.5) is 10.2 Å². The highest BCUT2D eigenvalue weighted by Crippen LogP contribution is 2.43. The number of hydrogen-bond acceptors (Lipinski definition) is 4. The first kappa shape index (κ1) is 16.3. The van der Waals surface area contributed by atoms with Gasteiger partial charge in [-0.3, -0.25) is 4.90 Å². The van der Waals surface area contributed by atoms with E-state index >= 15 is 0 Å². The van der Waals surface area contributed by atoms with Crippen LogP contribution in [0.1, 0.15) is 44.9 Å². The number of piperidine rings is 1. The summed E-state index contributed by atoms with van der Waals surface area (Å²) in [5, 5.41) is 9.71. The van der Waals surface area contributed by atoms with E-state index in [-0.39, 0.29) is 11.9 Å². The van der Waals surface area contributed by atoms with Crippen LogP contribution in [0, 0.1) is 11.2 Å². The number of likely N-dealkylation sites (tertiary alicyclic amines) is 1. The van der Waals surface area contributed by atoms with Crippen LogP contribution < -0.4 is 4.90 Å². The molecule has 0 atom stereocenters. The number of nitrogens with zero attached hydrogens (tertiary/aromatic N) is 3. The molecule has 0 unspecified atom stereocenters. The first-order chi connectivity index (χ1) is 11.7. The normalized spacial score (nSPS) is 30.8. The third-order valence-corrected chi connectivity index (χ3v) is 6.51. The molecule has 3 fully saturated rings. The molecule has 132 valence electrons. The number of aliphatic hydroxyl groups excluding tert-OH is 1. The van der Waals surface area contributed by atoms with Crippen molar-refractivity contribution in [3.05, 3.63) is 24.1 Å². The minimum Gasteiger partial charge on any atom is -0.393 e. The van der Waals surface area contributed by atoms with Crippen molar-refractivity contribution in [3.8, 4) is 0 Å². The molecule has 5 heteroatoms. The van der Waals surface area contributed by atoms with E-state index in [0.29, 0.717) is 17.3 Å². The Morgan fingerprint density at radius 1 is 1.08 bits per heavy atom. The number of rotatable bonds is 2. The predicted molar refractivity (Wildman–Crippen MR) is 92.5 cm³/mol. The van der Waals surface area contributed by atoms with Crippen LogP contribution in [-0.4, -0.2) is 53.3 Å². The summed E-state index contributed by atoms with van der Waals surface area (Å²) in [6.07, 6.45) is 9.34. The fourth-order valence-electron chi connectivity index (χ4n) is 4.92. The smallest absolute Gasteiger partial charge is 0.165 e. The Hall–Kier alpha value is -1.20. The van der Waals surface area contributed by atoms with E-state index in [1.165, 1.54) is 25.6 Å². The summed E-state index contributed by atoms with van der Waals surface area (Å²) in [4.78, 5) is 9.01. The van der Waals surface area contributed by atoms with Gasteiger partial charge in [-0.1, -0.05) is 0 Å². The second-order valence-electron chi connectivity index (χ2n) is 7.98. The van der Waals surface area contributed by atoms with Crippen molar-refractivity contribution in [2.24, 2.45) is 5.41 Å². The molecule has 2 saturated heterocycles. The fourth-order valence-corrected chi connectivity index (χ4v) is 4.92. The van der Waals surface area contributed by atoms with Gasteiger partial charge in [0.15, 0.2) is 11.6 Å². The zero-order valence-electron chi connectivity index (χ0n) is 14.3. The quantitative estimate of drug-likeness (QED) is 0.903. The van der Waals surface area contributed by atoms with Crippen LogP contribution >= 0.6 is 0 Å². The maximum absolute atomic E-state index is 13.9. The third-order valence-electron chi connectivity index (χ3n) is 6.51. The lowest BCUT2D eigenvalue weighted by atomic mass is 9.77. The standard InChI is InChI=1S/C19H28FN3O/c20-17-2-1-10-21-18(17)22-11-7-19(8-12-22)9-13-23(14-19)15-3-5-16(24)6-4-15/h1-2,10,15-16,24H,3-9,11-14H2/t15-,16+. The summed E-state index contributed by atoms with van der Waals surface area (Å²) in [5.74, 6) is 0.311. The number of anilines is 1. The molecule has 1 aromatic heterocycles. The van der Waals surface area contributed by atoms with Gasteiger partial charge in [0.1, 0.15) is 0 Å².